The van der Waals surface area contributed by atoms with Crippen LogP contribution in [-0.2, 0) is 4.74 Å². The summed E-state index contributed by atoms with van der Waals surface area (Å²) in [7, 11) is 0. The summed E-state index contributed by atoms with van der Waals surface area (Å²) in [4.78, 5) is 14.4. The molecule has 0 fully saturated rings. The van der Waals surface area contributed by atoms with Crippen molar-refractivity contribution in [3.63, 3.8) is 0 Å². The molecule has 0 spiro atoms. The first-order valence-corrected chi connectivity index (χ1v) is 6.07. The Hall–Kier alpha value is -2.27. The molecule has 0 saturated heterocycles. The lowest BCUT2D eigenvalue weighted by atomic mass is 10.1. The van der Waals surface area contributed by atoms with Gasteiger partial charge in [-0.15, -0.1) is 0 Å². The Morgan fingerprint density at radius 2 is 2.25 bits per heavy atom. The molecule has 7 heteroatoms. The zero-order chi connectivity index (χ0) is 15.2. The van der Waals surface area contributed by atoms with Gasteiger partial charge in [-0.05, 0) is 44.0 Å². The lowest BCUT2D eigenvalue weighted by Crippen LogP contribution is -2.36. The van der Waals surface area contributed by atoms with E-state index in [1.54, 1.807) is 26.8 Å². The number of hydrogen-bond donors (Lipinski definition) is 1. The van der Waals surface area contributed by atoms with Crippen molar-refractivity contribution in [3.8, 4) is 0 Å². The van der Waals surface area contributed by atoms with Crippen LogP contribution in [0.4, 0.5) is 9.18 Å². The summed E-state index contributed by atoms with van der Waals surface area (Å²) in [5.41, 5.74) is 8.24. The van der Waals surface area contributed by atoms with E-state index in [-0.39, 0.29) is 6.54 Å². The van der Waals surface area contributed by atoms with Gasteiger partial charge in [-0.3, -0.25) is 0 Å². The standard InChI is InChI=1S/C13H17FN4O2/c1-13(2,3)20-12(19)17-11(8-16-18-15)9-5-4-6-10(14)7-9/h4-7,11H,8H2,1-3H3,(H,17,19). The van der Waals surface area contributed by atoms with Crippen molar-refractivity contribution in [3.05, 3.63) is 46.1 Å². The molecule has 6 nitrogen and oxygen atoms in total. The molecular weight excluding hydrogens is 263 g/mol. The largest absolute Gasteiger partial charge is 0.444 e. The lowest BCUT2D eigenvalue weighted by molar-refractivity contribution is 0.0505. The van der Waals surface area contributed by atoms with E-state index in [1.165, 1.54) is 18.2 Å². The van der Waals surface area contributed by atoms with Gasteiger partial charge in [-0.2, -0.15) is 0 Å². The first-order chi connectivity index (χ1) is 9.31. The van der Waals surface area contributed by atoms with Gasteiger partial charge in [0.25, 0.3) is 0 Å². The molecule has 0 aliphatic carbocycles. The lowest BCUT2D eigenvalue weighted by Gasteiger charge is -2.23. The fraction of sp³-hybridized carbons (Fsp3) is 0.462. The summed E-state index contributed by atoms with van der Waals surface area (Å²) in [5.74, 6) is -0.431. The van der Waals surface area contributed by atoms with Gasteiger partial charge in [-0.1, -0.05) is 17.2 Å². The molecule has 0 aromatic heterocycles. The third-order valence-electron chi connectivity index (χ3n) is 2.27. The van der Waals surface area contributed by atoms with Crippen molar-refractivity contribution in [2.45, 2.75) is 32.4 Å². The number of hydrogen-bond acceptors (Lipinski definition) is 3. The Kier molecular flexibility index (Phi) is 5.34. The van der Waals surface area contributed by atoms with Gasteiger partial charge in [0.05, 0.1) is 12.6 Å². The van der Waals surface area contributed by atoms with Crippen molar-refractivity contribution in [2.75, 3.05) is 6.54 Å². The Labute approximate surface area is 116 Å². The molecule has 20 heavy (non-hydrogen) atoms. The number of alkyl carbamates (subject to hydrolysis) is 1. The minimum Gasteiger partial charge on any atom is -0.444 e. The molecule has 1 unspecified atom stereocenters. The van der Waals surface area contributed by atoms with Crippen LogP contribution in [0.2, 0.25) is 0 Å². The Balaban J connectivity index is 2.85. The molecule has 1 atom stereocenters. The number of nitrogens with zero attached hydrogens (tertiary/aromatic N) is 3. The van der Waals surface area contributed by atoms with E-state index in [2.05, 4.69) is 15.3 Å². The zero-order valence-electron chi connectivity index (χ0n) is 11.6. The van der Waals surface area contributed by atoms with Gasteiger partial charge < -0.3 is 10.1 Å². The first-order valence-electron chi connectivity index (χ1n) is 6.07. The summed E-state index contributed by atoms with van der Waals surface area (Å²) in [6, 6.07) is 5.08. The van der Waals surface area contributed by atoms with Crippen LogP contribution in [0.5, 0.6) is 0 Å². The molecule has 0 aliphatic rings. The van der Waals surface area contributed by atoms with E-state index in [0.29, 0.717) is 5.56 Å². The van der Waals surface area contributed by atoms with Crippen LogP contribution in [0.3, 0.4) is 0 Å². The van der Waals surface area contributed by atoms with Crippen LogP contribution in [0, 0.1) is 5.82 Å². The second-order valence-electron chi connectivity index (χ2n) is 5.17. The van der Waals surface area contributed by atoms with Gasteiger partial charge >= 0.3 is 6.09 Å². The molecule has 0 bridgehead atoms. The van der Waals surface area contributed by atoms with Crippen LogP contribution in [0.1, 0.15) is 32.4 Å². The number of azide groups is 1. The van der Waals surface area contributed by atoms with Gasteiger partial charge in [0.1, 0.15) is 11.4 Å². The number of carbonyl (C=O) groups is 1. The smallest absolute Gasteiger partial charge is 0.408 e. The molecular formula is C13H17FN4O2. The van der Waals surface area contributed by atoms with Crippen LogP contribution in [-0.4, -0.2) is 18.2 Å². The highest BCUT2D eigenvalue weighted by Gasteiger charge is 2.20. The van der Waals surface area contributed by atoms with Gasteiger partial charge in [0.15, 0.2) is 0 Å². The SMILES string of the molecule is CC(C)(C)OC(=O)NC(CN=[N+]=[N-])c1cccc(F)c1. The zero-order valence-corrected chi connectivity index (χ0v) is 11.6. The number of nitrogens with one attached hydrogen (secondary N) is 1. The van der Waals surface area contributed by atoms with Crippen LogP contribution < -0.4 is 5.32 Å². The highest BCUT2D eigenvalue weighted by Crippen LogP contribution is 2.16. The quantitative estimate of drug-likeness (QED) is 0.517. The van der Waals surface area contributed by atoms with E-state index in [0.717, 1.165) is 0 Å². The van der Waals surface area contributed by atoms with Crippen molar-refractivity contribution < 1.29 is 13.9 Å². The average Bonchev–Trinajstić information content (AvgIpc) is 2.32. The maximum absolute atomic E-state index is 13.2. The molecule has 1 N–H and O–H groups in total. The van der Waals surface area contributed by atoms with Crippen molar-refractivity contribution in [1.82, 2.24) is 5.32 Å². The number of amides is 1. The monoisotopic (exact) mass is 280 g/mol. The first kappa shape index (κ1) is 15.8. The maximum Gasteiger partial charge on any atom is 0.408 e. The number of halogens is 1. The predicted molar refractivity (Wildman–Crippen MR) is 72.5 cm³/mol. The molecule has 108 valence electrons. The summed E-state index contributed by atoms with van der Waals surface area (Å²) in [6.07, 6.45) is -0.653. The van der Waals surface area contributed by atoms with Gasteiger partial charge in [0.2, 0.25) is 0 Å². The fourth-order valence-corrected chi connectivity index (χ4v) is 1.53. The van der Waals surface area contributed by atoms with Crippen molar-refractivity contribution in [1.29, 1.82) is 0 Å². The van der Waals surface area contributed by atoms with E-state index in [4.69, 9.17) is 10.3 Å². The maximum atomic E-state index is 13.2. The molecule has 0 radical (unpaired) electrons. The Morgan fingerprint density at radius 3 is 2.80 bits per heavy atom. The fourth-order valence-electron chi connectivity index (χ4n) is 1.53. The number of carbonyl (C=O) groups excluding carboxylic acids is 1. The summed E-state index contributed by atoms with van der Waals surface area (Å²) in [6.45, 7) is 5.17. The van der Waals surface area contributed by atoms with E-state index < -0.39 is 23.6 Å². The summed E-state index contributed by atoms with van der Waals surface area (Å²) < 4.78 is 18.3. The van der Waals surface area contributed by atoms with E-state index in [9.17, 15) is 9.18 Å². The predicted octanol–water partition coefficient (Wildman–Crippen LogP) is 3.70. The third-order valence-corrected chi connectivity index (χ3v) is 2.27. The molecule has 0 aliphatic heterocycles. The minimum absolute atomic E-state index is 0.0286. The van der Waals surface area contributed by atoms with Crippen molar-refractivity contribution >= 4 is 6.09 Å². The average molecular weight is 280 g/mol. The third kappa shape index (κ3) is 5.58. The summed E-state index contributed by atoms with van der Waals surface area (Å²) >= 11 is 0. The highest BCUT2D eigenvalue weighted by atomic mass is 19.1. The van der Waals surface area contributed by atoms with E-state index in [1.807, 2.05) is 0 Å². The topological polar surface area (TPSA) is 87.1 Å². The van der Waals surface area contributed by atoms with Gasteiger partial charge in [-0.25, -0.2) is 9.18 Å². The number of benzene rings is 1. The second kappa shape index (κ2) is 6.77. The van der Waals surface area contributed by atoms with Crippen LogP contribution in [0.25, 0.3) is 10.4 Å². The Morgan fingerprint density at radius 1 is 1.55 bits per heavy atom. The van der Waals surface area contributed by atoms with Crippen LogP contribution >= 0.6 is 0 Å². The number of rotatable bonds is 4. The molecule has 0 heterocycles. The highest BCUT2D eigenvalue weighted by molar-refractivity contribution is 5.68. The Bertz CT molecular complexity index is 521. The molecule has 0 saturated carbocycles. The summed E-state index contributed by atoms with van der Waals surface area (Å²) in [5, 5.41) is 5.97. The normalized spacial score (nSPS) is 12.2. The second-order valence-corrected chi connectivity index (χ2v) is 5.17. The molecule has 1 amide bonds. The minimum atomic E-state index is -0.653. The molecule has 1 aromatic carbocycles. The van der Waals surface area contributed by atoms with E-state index >= 15 is 0 Å². The number of ether oxygens (including phenoxy) is 1. The van der Waals surface area contributed by atoms with Crippen LogP contribution in [0.15, 0.2) is 29.4 Å². The molecule has 1 aromatic rings. The van der Waals surface area contributed by atoms with Crippen molar-refractivity contribution in [2.24, 2.45) is 5.11 Å². The van der Waals surface area contributed by atoms with Gasteiger partial charge in [0, 0.05) is 4.91 Å². The molecule has 1 rings (SSSR count).